The topological polar surface area (TPSA) is 46.5 Å². The summed E-state index contributed by atoms with van der Waals surface area (Å²) in [6.45, 7) is 5.84. The van der Waals surface area contributed by atoms with E-state index >= 15 is 0 Å². The first-order chi connectivity index (χ1) is 5.57. The molecule has 0 saturated carbocycles. The highest BCUT2D eigenvalue weighted by Gasteiger charge is 2.01. The van der Waals surface area contributed by atoms with Gasteiger partial charge < -0.3 is 9.84 Å². The van der Waals surface area contributed by atoms with Crippen LogP contribution in [0, 0.1) is 5.92 Å². The zero-order valence-corrected chi connectivity index (χ0v) is 7.83. The average Bonchev–Trinajstić information content (AvgIpc) is 2.00. The van der Waals surface area contributed by atoms with Gasteiger partial charge in [-0.05, 0) is 12.8 Å². The van der Waals surface area contributed by atoms with E-state index in [2.05, 4.69) is 4.74 Å². The van der Waals surface area contributed by atoms with Gasteiger partial charge in [-0.2, -0.15) is 0 Å². The third-order valence-electron chi connectivity index (χ3n) is 1.59. The van der Waals surface area contributed by atoms with Crippen LogP contribution in [0.15, 0.2) is 11.6 Å². The first-order valence-electron chi connectivity index (χ1n) is 4.03. The van der Waals surface area contributed by atoms with Gasteiger partial charge in [0, 0.05) is 6.08 Å². The average molecular weight is 172 g/mol. The van der Waals surface area contributed by atoms with Crippen molar-refractivity contribution in [3.63, 3.8) is 0 Å². The van der Waals surface area contributed by atoms with Crippen molar-refractivity contribution >= 4 is 5.97 Å². The van der Waals surface area contributed by atoms with E-state index in [4.69, 9.17) is 5.11 Å². The quantitative estimate of drug-likeness (QED) is 0.510. The van der Waals surface area contributed by atoms with Crippen molar-refractivity contribution in [1.82, 2.24) is 0 Å². The van der Waals surface area contributed by atoms with Crippen molar-refractivity contribution in [2.75, 3.05) is 13.2 Å². The molecule has 0 saturated heterocycles. The molecule has 12 heavy (non-hydrogen) atoms. The van der Waals surface area contributed by atoms with Crippen LogP contribution >= 0.6 is 0 Å². The SMILES string of the molecule is C/C(=C\C(=O)OCCO)C(C)C. The molecule has 0 aliphatic heterocycles. The highest BCUT2D eigenvalue weighted by molar-refractivity contribution is 5.82. The Labute approximate surface area is 73.0 Å². The maximum absolute atomic E-state index is 10.9. The molecular formula is C9H16O3. The summed E-state index contributed by atoms with van der Waals surface area (Å²) in [5, 5.41) is 8.36. The molecule has 0 aromatic rings. The number of hydrogen-bond donors (Lipinski definition) is 1. The van der Waals surface area contributed by atoms with Crippen LogP contribution in [0.1, 0.15) is 20.8 Å². The van der Waals surface area contributed by atoms with E-state index in [-0.39, 0.29) is 19.2 Å². The zero-order chi connectivity index (χ0) is 9.56. The van der Waals surface area contributed by atoms with E-state index in [1.165, 1.54) is 6.08 Å². The van der Waals surface area contributed by atoms with Crippen LogP contribution in [0.2, 0.25) is 0 Å². The molecule has 0 heterocycles. The molecule has 0 aromatic heterocycles. The maximum atomic E-state index is 10.9. The largest absolute Gasteiger partial charge is 0.460 e. The van der Waals surface area contributed by atoms with Crippen molar-refractivity contribution in [3.8, 4) is 0 Å². The van der Waals surface area contributed by atoms with Gasteiger partial charge in [0.15, 0.2) is 0 Å². The number of esters is 1. The van der Waals surface area contributed by atoms with Gasteiger partial charge in [0.25, 0.3) is 0 Å². The number of carbonyl (C=O) groups excluding carboxylic acids is 1. The van der Waals surface area contributed by atoms with Crippen molar-refractivity contribution in [2.24, 2.45) is 5.92 Å². The smallest absolute Gasteiger partial charge is 0.330 e. The van der Waals surface area contributed by atoms with E-state index in [9.17, 15) is 4.79 Å². The second-order valence-corrected chi connectivity index (χ2v) is 2.93. The lowest BCUT2D eigenvalue weighted by Crippen LogP contribution is -2.06. The van der Waals surface area contributed by atoms with Gasteiger partial charge in [0.2, 0.25) is 0 Å². The van der Waals surface area contributed by atoms with Crippen molar-refractivity contribution in [3.05, 3.63) is 11.6 Å². The molecule has 0 aliphatic rings. The minimum Gasteiger partial charge on any atom is -0.460 e. The summed E-state index contributed by atoms with van der Waals surface area (Å²) >= 11 is 0. The maximum Gasteiger partial charge on any atom is 0.330 e. The summed E-state index contributed by atoms with van der Waals surface area (Å²) in [5.74, 6) is -0.0260. The molecular weight excluding hydrogens is 156 g/mol. The van der Waals surface area contributed by atoms with Crippen LogP contribution < -0.4 is 0 Å². The first kappa shape index (κ1) is 11.2. The van der Waals surface area contributed by atoms with E-state index in [0.29, 0.717) is 5.92 Å². The summed E-state index contributed by atoms with van der Waals surface area (Å²) in [7, 11) is 0. The molecule has 0 aliphatic carbocycles. The molecule has 3 heteroatoms. The second kappa shape index (κ2) is 5.77. The number of aliphatic hydroxyl groups excluding tert-OH is 1. The Morgan fingerprint density at radius 3 is 2.58 bits per heavy atom. The van der Waals surface area contributed by atoms with Crippen LogP contribution in [0.4, 0.5) is 0 Å². The summed E-state index contributed by atoms with van der Waals surface area (Å²) < 4.78 is 4.65. The lowest BCUT2D eigenvalue weighted by atomic mass is 10.1. The molecule has 0 unspecified atom stereocenters. The minimum absolute atomic E-state index is 0.0701. The summed E-state index contributed by atoms with van der Waals surface area (Å²) in [4.78, 5) is 10.9. The summed E-state index contributed by atoms with van der Waals surface area (Å²) in [6, 6.07) is 0. The molecule has 0 aromatic carbocycles. The van der Waals surface area contributed by atoms with Gasteiger partial charge >= 0.3 is 5.97 Å². The highest BCUT2D eigenvalue weighted by atomic mass is 16.5. The Bertz CT molecular complexity index is 171. The third-order valence-corrected chi connectivity index (χ3v) is 1.59. The van der Waals surface area contributed by atoms with Crippen LogP contribution in [0.3, 0.4) is 0 Å². The number of aliphatic hydroxyl groups is 1. The Balaban J connectivity index is 3.88. The van der Waals surface area contributed by atoms with Gasteiger partial charge in [0.1, 0.15) is 6.61 Å². The van der Waals surface area contributed by atoms with Crippen molar-refractivity contribution in [2.45, 2.75) is 20.8 Å². The molecule has 70 valence electrons. The molecule has 0 fully saturated rings. The van der Waals surface area contributed by atoms with E-state index in [1.54, 1.807) is 0 Å². The zero-order valence-electron chi connectivity index (χ0n) is 7.83. The number of carbonyl (C=O) groups is 1. The molecule has 0 spiro atoms. The van der Waals surface area contributed by atoms with Crippen LogP contribution in [-0.4, -0.2) is 24.3 Å². The van der Waals surface area contributed by atoms with Crippen LogP contribution in [0.5, 0.6) is 0 Å². The van der Waals surface area contributed by atoms with E-state index in [1.807, 2.05) is 20.8 Å². The van der Waals surface area contributed by atoms with Crippen LogP contribution in [0.25, 0.3) is 0 Å². The summed E-state index contributed by atoms with van der Waals surface area (Å²) in [5.41, 5.74) is 0.984. The van der Waals surface area contributed by atoms with Crippen molar-refractivity contribution < 1.29 is 14.6 Å². The lowest BCUT2D eigenvalue weighted by Gasteiger charge is -2.04. The van der Waals surface area contributed by atoms with Gasteiger partial charge in [-0.3, -0.25) is 0 Å². The molecule has 1 N–H and O–H groups in total. The van der Waals surface area contributed by atoms with Gasteiger partial charge in [-0.15, -0.1) is 0 Å². The van der Waals surface area contributed by atoms with E-state index in [0.717, 1.165) is 5.57 Å². The Hall–Kier alpha value is -0.830. The highest BCUT2D eigenvalue weighted by Crippen LogP contribution is 2.07. The second-order valence-electron chi connectivity index (χ2n) is 2.93. The lowest BCUT2D eigenvalue weighted by molar-refractivity contribution is -0.138. The fraction of sp³-hybridized carbons (Fsp3) is 0.667. The van der Waals surface area contributed by atoms with E-state index < -0.39 is 0 Å². The number of rotatable bonds is 4. The fourth-order valence-corrected chi connectivity index (χ4v) is 0.540. The standard InChI is InChI=1S/C9H16O3/c1-7(2)8(3)6-9(11)12-5-4-10/h6-7,10H,4-5H2,1-3H3/b8-6+. The molecule has 0 amide bonds. The van der Waals surface area contributed by atoms with Gasteiger partial charge in [-0.1, -0.05) is 19.4 Å². The Morgan fingerprint density at radius 1 is 1.58 bits per heavy atom. The Morgan fingerprint density at radius 2 is 2.17 bits per heavy atom. The minimum atomic E-state index is -0.379. The Kier molecular flexibility index (Phi) is 5.37. The predicted molar refractivity (Wildman–Crippen MR) is 46.6 cm³/mol. The molecule has 0 radical (unpaired) electrons. The monoisotopic (exact) mass is 172 g/mol. The third kappa shape index (κ3) is 4.91. The molecule has 0 atom stereocenters. The molecule has 3 nitrogen and oxygen atoms in total. The number of hydrogen-bond acceptors (Lipinski definition) is 3. The number of allylic oxidation sites excluding steroid dienone is 1. The molecule has 0 bridgehead atoms. The normalized spacial score (nSPS) is 11.9. The van der Waals surface area contributed by atoms with Gasteiger partial charge in [-0.25, -0.2) is 4.79 Å². The van der Waals surface area contributed by atoms with Crippen molar-refractivity contribution in [1.29, 1.82) is 0 Å². The number of ether oxygens (including phenoxy) is 1. The summed E-state index contributed by atoms with van der Waals surface area (Å²) in [6.07, 6.45) is 1.46. The fourth-order valence-electron chi connectivity index (χ4n) is 0.540. The molecule has 0 rings (SSSR count). The predicted octanol–water partition coefficient (Wildman–Crippen LogP) is 1.12. The van der Waals surface area contributed by atoms with Gasteiger partial charge in [0.05, 0.1) is 6.61 Å². The first-order valence-corrected chi connectivity index (χ1v) is 4.03. The van der Waals surface area contributed by atoms with Crippen LogP contribution in [-0.2, 0) is 9.53 Å².